The fraction of sp³-hybridized carbons (Fsp3) is 0.333. The van der Waals surface area contributed by atoms with E-state index in [1.54, 1.807) is 7.11 Å². The lowest BCUT2D eigenvalue weighted by Gasteiger charge is -2.17. The molecule has 1 fully saturated rings. The highest BCUT2D eigenvalue weighted by atomic mass is 16.5. The molecule has 5 heteroatoms. The van der Waals surface area contributed by atoms with Crippen molar-refractivity contribution in [3.63, 3.8) is 0 Å². The molecule has 0 radical (unpaired) electrons. The zero-order valence-electron chi connectivity index (χ0n) is 15.2. The molecule has 2 aromatic carbocycles. The van der Waals surface area contributed by atoms with Gasteiger partial charge in [0.25, 0.3) is 5.91 Å². The fourth-order valence-electron chi connectivity index (χ4n) is 3.11. The smallest absolute Gasteiger partial charge is 0.251 e. The minimum Gasteiger partial charge on any atom is -0.497 e. The molecular weight excluding hydrogens is 328 g/mol. The van der Waals surface area contributed by atoms with Crippen molar-refractivity contribution in [2.24, 2.45) is 0 Å². The maximum absolute atomic E-state index is 12.5. The third kappa shape index (κ3) is 4.23. The van der Waals surface area contributed by atoms with E-state index in [-0.39, 0.29) is 17.9 Å². The van der Waals surface area contributed by atoms with Gasteiger partial charge in [0.05, 0.1) is 13.2 Å². The molecule has 5 nitrogen and oxygen atoms in total. The number of rotatable bonds is 6. The monoisotopic (exact) mass is 352 g/mol. The molecule has 1 heterocycles. The van der Waals surface area contributed by atoms with Crippen molar-refractivity contribution in [2.75, 3.05) is 13.7 Å². The highest BCUT2D eigenvalue weighted by Gasteiger charge is 2.20. The molecule has 1 saturated heterocycles. The lowest BCUT2D eigenvalue weighted by molar-refractivity contribution is -0.128. The number of nitrogens with one attached hydrogen (secondary N) is 1. The number of hydrogen-bond acceptors (Lipinski definition) is 3. The summed E-state index contributed by atoms with van der Waals surface area (Å²) < 4.78 is 5.15. The van der Waals surface area contributed by atoms with Gasteiger partial charge in [-0.05, 0) is 48.7 Å². The van der Waals surface area contributed by atoms with Crippen molar-refractivity contribution in [1.29, 1.82) is 0 Å². The first-order valence-corrected chi connectivity index (χ1v) is 8.88. The van der Waals surface area contributed by atoms with Gasteiger partial charge in [0.2, 0.25) is 5.91 Å². The quantitative estimate of drug-likeness (QED) is 0.868. The van der Waals surface area contributed by atoms with Crippen LogP contribution in [-0.4, -0.2) is 30.4 Å². The SMILES string of the molecule is COc1ccc([C@H](C)NC(=O)c2ccc(CN3CCCC3=O)cc2)cc1. The van der Waals surface area contributed by atoms with Gasteiger partial charge in [-0.3, -0.25) is 9.59 Å². The van der Waals surface area contributed by atoms with Crippen molar-refractivity contribution in [1.82, 2.24) is 10.2 Å². The Kier molecular flexibility index (Phi) is 5.56. The van der Waals surface area contributed by atoms with E-state index in [4.69, 9.17) is 4.74 Å². The summed E-state index contributed by atoms with van der Waals surface area (Å²) >= 11 is 0. The van der Waals surface area contributed by atoms with Crippen LogP contribution in [-0.2, 0) is 11.3 Å². The summed E-state index contributed by atoms with van der Waals surface area (Å²) in [5.74, 6) is 0.886. The van der Waals surface area contributed by atoms with Crippen LogP contribution in [0.4, 0.5) is 0 Å². The second-order valence-electron chi connectivity index (χ2n) is 6.58. The van der Waals surface area contributed by atoms with Crippen LogP contribution in [0.1, 0.15) is 47.3 Å². The van der Waals surface area contributed by atoms with Crippen molar-refractivity contribution in [3.05, 3.63) is 65.2 Å². The highest BCUT2D eigenvalue weighted by Crippen LogP contribution is 2.18. The van der Waals surface area contributed by atoms with E-state index >= 15 is 0 Å². The molecule has 0 saturated carbocycles. The number of benzene rings is 2. The number of methoxy groups -OCH3 is 1. The summed E-state index contributed by atoms with van der Waals surface area (Å²) in [6.45, 7) is 3.39. The molecule has 0 aromatic heterocycles. The first kappa shape index (κ1) is 18.0. The first-order valence-electron chi connectivity index (χ1n) is 8.88. The van der Waals surface area contributed by atoms with Gasteiger partial charge in [0, 0.05) is 25.1 Å². The number of ether oxygens (including phenoxy) is 1. The number of nitrogens with zero attached hydrogens (tertiary/aromatic N) is 1. The summed E-state index contributed by atoms with van der Waals surface area (Å²) in [4.78, 5) is 26.0. The van der Waals surface area contributed by atoms with Gasteiger partial charge in [-0.25, -0.2) is 0 Å². The zero-order chi connectivity index (χ0) is 18.5. The van der Waals surface area contributed by atoms with E-state index in [1.807, 2.05) is 60.4 Å². The molecule has 0 bridgehead atoms. The van der Waals surface area contributed by atoms with E-state index in [0.717, 1.165) is 29.8 Å². The molecule has 1 N–H and O–H groups in total. The van der Waals surface area contributed by atoms with Crippen LogP contribution in [0.25, 0.3) is 0 Å². The van der Waals surface area contributed by atoms with Gasteiger partial charge in [0.15, 0.2) is 0 Å². The lowest BCUT2D eigenvalue weighted by atomic mass is 10.1. The van der Waals surface area contributed by atoms with E-state index in [0.29, 0.717) is 18.5 Å². The van der Waals surface area contributed by atoms with E-state index < -0.39 is 0 Å². The van der Waals surface area contributed by atoms with Crippen LogP contribution in [0.3, 0.4) is 0 Å². The van der Waals surface area contributed by atoms with Crippen molar-refractivity contribution < 1.29 is 14.3 Å². The largest absolute Gasteiger partial charge is 0.497 e. The number of carbonyl (C=O) groups excluding carboxylic acids is 2. The Hall–Kier alpha value is -2.82. The molecule has 2 aromatic rings. The topological polar surface area (TPSA) is 58.6 Å². The van der Waals surface area contributed by atoms with Crippen molar-refractivity contribution >= 4 is 11.8 Å². The molecular formula is C21H24N2O3. The molecule has 136 valence electrons. The Morgan fingerprint density at radius 3 is 2.42 bits per heavy atom. The summed E-state index contributed by atoms with van der Waals surface area (Å²) in [5.41, 5.74) is 2.67. The van der Waals surface area contributed by atoms with E-state index in [2.05, 4.69) is 5.32 Å². The van der Waals surface area contributed by atoms with Crippen molar-refractivity contribution in [3.8, 4) is 5.75 Å². The van der Waals surface area contributed by atoms with Crippen LogP contribution in [0.15, 0.2) is 48.5 Å². The second kappa shape index (κ2) is 8.04. The normalized spacial score (nSPS) is 15.0. The first-order chi connectivity index (χ1) is 12.6. The van der Waals surface area contributed by atoms with Crippen LogP contribution < -0.4 is 10.1 Å². The zero-order valence-corrected chi connectivity index (χ0v) is 15.2. The molecule has 0 spiro atoms. The molecule has 0 aliphatic carbocycles. The average Bonchev–Trinajstić information content (AvgIpc) is 3.07. The minimum absolute atomic E-state index is 0.102. The highest BCUT2D eigenvalue weighted by molar-refractivity contribution is 5.94. The Balaban J connectivity index is 1.59. The maximum atomic E-state index is 12.5. The molecule has 2 amide bonds. The summed E-state index contributed by atoms with van der Waals surface area (Å²) in [7, 11) is 1.63. The fourth-order valence-corrected chi connectivity index (χ4v) is 3.11. The Morgan fingerprint density at radius 2 is 1.85 bits per heavy atom. The standard InChI is InChI=1S/C21H24N2O3/c1-15(17-9-11-19(26-2)12-10-17)22-21(25)18-7-5-16(6-8-18)14-23-13-3-4-20(23)24/h5-12,15H,3-4,13-14H2,1-2H3,(H,22,25)/t15-/m0/s1. The van der Waals surface area contributed by atoms with Crippen LogP contribution >= 0.6 is 0 Å². The molecule has 1 aliphatic heterocycles. The number of hydrogen-bond donors (Lipinski definition) is 1. The van der Waals surface area contributed by atoms with Gasteiger partial charge < -0.3 is 15.0 Å². The summed E-state index contributed by atoms with van der Waals surface area (Å²) in [6.07, 6.45) is 1.58. The molecule has 1 atom stereocenters. The predicted molar refractivity (Wildman–Crippen MR) is 100.0 cm³/mol. The predicted octanol–water partition coefficient (Wildman–Crippen LogP) is 3.31. The van der Waals surface area contributed by atoms with Crippen LogP contribution in [0.5, 0.6) is 5.75 Å². The number of amides is 2. The third-order valence-electron chi connectivity index (χ3n) is 4.72. The minimum atomic E-state index is -0.114. The molecule has 3 rings (SSSR count). The van der Waals surface area contributed by atoms with E-state index in [1.165, 1.54) is 0 Å². The van der Waals surface area contributed by atoms with Crippen molar-refractivity contribution in [2.45, 2.75) is 32.4 Å². The number of likely N-dealkylation sites (tertiary alicyclic amines) is 1. The van der Waals surface area contributed by atoms with Crippen LogP contribution in [0, 0.1) is 0 Å². The van der Waals surface area contributed by atoms with Gasteiger partial charge in [-0.1, -0.05) is 24.3 Å². The Labute approximate surface area is 154 Å². The maximum Gasteiger partial charge on any atom is 0.251 e. The van der Waals surface area contributed by atoms with E-state index in [9.17, 15) is 9.59 Å². The molecule has 26 heavy (non-hydrogen) atoms. The Morgan fingerprint density at radius 1 is 1.15 bits per heavy atom. The van der Waals surface area contributed by atoms with Gasteiger partial charge in [-0.2, -0.15) is 0 Å². The average molecular weight is 352 g/mol. The second-order valence-corrected chi connectivity index (χ2v) is 6.58. The summed E-state index contributed by atoms with van der Waals surface area (Å²) in [5, 5.41) is 3.01. The molecule has 1 aliphatic rings. The van der Waals surface area contributed by atoms with Gasteiger partial charge in [0.1, 0.15) is 5.75 Å². The van der Waals surface area contributed by atoms with Gasteiger partial charge >= 0.3 is 0 Å². The third-order valence-corrected chi connectivity index (χ3v) is 4.72. The number of carbonyl (C=O) groups is 2. The molecule has 0 unspecified atom stereocenters. The van der Waals surface area contributed by atoms with Gasteiger partial charge in [-0.15, -0.1) is 0 Å². The summed E-state index contributed by atoms with van der Waals surface area (Å²) in [6, 6.07) is 15.0. The van der Waals surface area contributed by atoms with Crippen LogP contribution in [0.2, 0.25) is 0 Å². The lowest BCUT2D eigenvalue weighted by Crippen LogP contribution is -2.27. The Bertz CT molecular complexity index is 769.